The molecule has 0 aliphatic carbocycles. The highest BCUT2D eigenvalue weighted by atomic mass is 16.5. The molecule has 5 heterocycles. The van der Waals surface area contributed by atoms with Gasteiger partial charge >= 0.3 is 0 Å². The molecule has 34 heavy (non-hydrogen) atoms. The van der Waals surface area contributed by atoms with Gasteiger partial charge in [-0.15, -0.1) is 0 Å². The minimum absolute atomic E-state index is 0.206. The molecule has 10 heteroatoms. The average Bonchev–Trinajstić information content (AvgIpc) is 3.40. The Bertz CT molecular complexity index is 1530. The lowest BCUT2D eigenvalue weighted by Gasteiger charge is -2.22. The van der Waals surface area contributed by atoms with Crippen LogP contribution in [-0.2, 0) is 5.54 Å². The number of aryl methyl sites for hydroxylation is 4. The minimum Gasteiger partial charge on any atom is -0.481 e. The Morgan fingerprint density at radius 1 is 1.06 bits per heavy atom. The number of aromatic nitrogens is 7. The van der Waals surface area contributed by atoms with Crippen molar-refractivity contribution in [2.75, 3.05) is 12.4 Å². The highest BCUT2D eigenvalue weighted by Crippen LogP contribution is 2.39. The van der Waals surface area contributed by atoms with Gasteiger partial charge in [-0.3, -0.25) is 0 Å². The maximum absolute atomic E-state index is 5.68. The number of hydrogen-bond donors (Lipinski definition) is 2. The van der Waals surface area contributed by atoms with Gasteiger partial charge < -0.3 is 19.6 Å². The molecule has 0 amide bonds. The fourth-order valence-corrected chi connectivity index (χ4v) is 4.31. The molecule has 0 spiro atoms. The first kappa shape index (κ1) is 21.9. The highest BCUT2D eigenvalue weighted by Gasteiger charge is 2.24. The van der Waals surface area contributed by atoms with E-state index in [2.05, 4.69) is 46.3 Å². The van der Waals surface area contributed by atoms with Crippen molar-refractivity contribution < 1.29 is 9.26 Å². The third-order valence-corrected chi connectivity index (χ3v) is 5.71. The van der Waals surface area contributed by atoms with Gasteiger partial charge in [0.25, 0.3) is 0 Å². The van der Waals surface area contributed by atoms with Gasteiger partial charge in [0, 0.05) is 6.07 Å². The quantitative estimate of drug-likeness (QED) is 0.380. The van der Waals surface area contributed by atoms with E-state index in [0.29, 0.717) is 34.4 Å². The smallest absolute Gasteiger partial charge is 0.221 e. The number of H-pyrrole nitrogens is 1. The van der Waals surface area contributed by atoms with Gasteiger partial charge in [0.1, 0.15) is 34.4 Å². The summed E-state index contributed by atoms with van der Waals surface area (Å²) in [5.74, 6) is 3.32. The second kappa shape index (κ2) is 7.54. The summed E-state index contributed by atoms with van der Waals surface area (Å²) in [4.78, 5) is 17.6. The number of aromatic amines is 1. The molecular weight excluding hydrogens is 432 g/mol. The molecule has 2 N–H and O–H groups in total. The van der Waals surface area contributed by atoms with Crippen molar-refractivity contribution in [2.24, 2.45) is 0 Å². The SMILES string of the molecule is COc1nc2c(cc1-c1c(C)noc1C)[nH]c1nc(C)nc(Nc3cc(C)nn3C(C)(C)C)c12. The van der Waals surface area contributed by atoms with Crippen molar-refractivity contribution in [3.63, 3.8) is 0 Å². The van der Waals surface area contributed by atoms with Crippen LogP contribution in [0, 0.1) is 27.7 Å². The topological polar surface area (TPSA) is 120 Å². The van der Waals surface area contributed by atoms with E-state index in [1.807, 2.05) is 44.5 Å². The van der Waals surface area contributed by atoms with Crippen LogP contribution in [0.4, 0.5) is 11.6 Å². The van der Waals surface area contributed by atoms with Crippen LogP contribution in [0.25, 0.3) is 33.2 Å². The van der Waals surface area contributed by atoms with Crippen molar-refractivity contribution in [1.29, 1.82) is 0 Å². The molecule has 5 aromatic heterocycles. The van der Waals surface area contributed by atoms with Gasteiger partial charge in [0.05, 0.1) is 46.1 Å². The molecule has 0 atom stereocenters. The average molecular weight is 461 g/mol. The predicted octanol–water partition coefficient (Wildman–Crippen LogP) is 5.10. The van der Waals surface area contributed by atoms with Crippen LogP contribution in [0.3, 0.4) is 0 Å². The highest BCUT2D eigenvalue weighted by molar-refractivity contribution is 6.10. The van der Waals surface area contributed by atoms with E-state index in [-0.39, 0.29) is 5.54 Å². The van der Waals surface area contributed by atoms with Gasteiger partial charge in [-0.25, -0.2) is 19.6 Å². The number of nitrogens with zero attached hydrogens (tertiary/aromatic N) is 6. The van der Waals surface area contributed by atoms with E-state index in [9.17, 15) is 0 Å². The lowest BCUT2D eigenvalue weighted by molar-refractivity contribution is 0.359. The Labute approximate surface area is 196 Å². The number of hydrogen-bond acceptors (Lipinski definition) is 8. The monoisotopic (exact) mass is 460 g/mol. The summed E-state index contributed by atoms with van der Waals surface area (Å²) in [5, 5.41) is 13.0. The summed E-state index contributed by atoms with van der Waals surface area (Å²) < 4.78 is 13.0. The number of rotatable bonds is 4. The summed E-state index contributed by atoms with van der Waals surface area (Å²) in [6.07, 6.45) is 0. The van der Waals surface area contributed by atoms with Crippen molar-refractivity contribution in [3.8, 4) is 17.0 Å². The Kier molecular flexibility index (Phi) is 4.85. The van der Waals surface area contributed by atoms with Gasteiger partial charge in [-0.2, -0.15) is 5.10 Å². The van der Waals surface area contributed by atoms with E-state index in [4.69, 9.17) is 19.2 Å². The number of nitrogens with one attached hydrogen (secondary N) is 2. The van der Waals surface area contributed by atoms with Gasteiger partial charge in [-0.05, 0) is 54.5 Å². The first-order valence-electron chi connectivity index (χ1n) is 11.1. The van der Waals surface area contributed by atoms with Crippen LogP contribution >= 0.6 is 0 Å². The molecule has 176 valence electrons. The maximum atomic E-state index is 5.68. The first-order valence-corrected chi connectivity index (χ1v) is 11.1. The van der Waals surface area contributed by atoms with Gasteiger partial charge in [0.15, 0.2) is 0 Å². The second-order valence-corrected chi connectivity index (χ2v) is 9.49. The Morgan fingerprint density at radius 2 is 1.82 bits per heavy atom. The molecule has 0 aliphatic rings. The Balaban J connectivity index is 1.75. The van der Waals surface area contributed by atoms with Crippen LogP contribution < -0.4 is 10.1 Å². The van der Waals surface area contributed by atoms with Gasteiger partial charge in [0.2, 0.25) is 5.88 Å². The molecule has 0 bridgehead atoms. The van der Waals surface area contributed by atoms with Crippen molar-refractivity contribution in [2.45, 2.75) is 54.0 Å². The van der Waals surface area contributed by atoms with Crippen molar-refractivity contribution in [1.82, 2.24) is 34.9 Å². The zero-order valence-electron chi connectivity index (χ0n) is 20.7. The lowest BCUT2D eigenvalue weighted by atomic mass is 10.0. The van der Waals surface area contributed by atoms with Crippen LogP contribution in [0.1, 0.15) is 43.7 Å². The second-order valence-electron chi connectivity index (χ2n) is 9.49. The third kappa shape index (κ3) is 3.46. The number of methoxy groups -OCH3 is 1. The summed E-state index contributed by atoms with van der Waals surface area (Å²) in [6, 6.07) is 4.00. The minimum atomic E-state index is -0.206. The zero-order chi connectivity index (χ0) is 24.4. The third-order valence-electron chi connectivity index (χ3n) is 5.71. The molecule has 0 fully saturated rings. The number of pyridine rings is 1. The van der Waals surface area contributed by atoms with Crippen LogP contribution in [-0.4, -0.2) is 42.0 Å². The molecule has 0 saturated carbocycles. The van der Waals surface area contributed by atoms with Crippen molar-refractivity contribution >= 4 is 33.7 Å². The molecular formula is C24H28N8O2. The molecule has 0 radical (unpaired) electrons. The molecule has 0 aliphatic heterocycles. The molecule has 5 rings (SSSR count). The Hall–Kier alpha value is -3.95. The van der Waals surface area contributed by atoms with Gasteiger partial charge in [-0.1, -0.05) is 5.16 Å². The molecule has 0 aromatic carbocycles. The summed E-state index contributed by atoms with van der Waals surface area (Å²) in [6.45, 7) is 14.0. The molecule has 5 aromatic rings. The van der Waals surface area contributed by atoms with E-state index in [1.165, 1.54) is 0 Å². The molecule has 10 nitrogen and oxygen atoms in total. The fraction of sp³-hybridized carbons (Fsp3) is 0.375. The summed E-state index contributed by atoms with van der Waals surface area (Å²) in [7, 11) is 1.61. The Morgan fingerprint density at radius 3 is 2.47 bits per heavy atom. The predicted molar refractivity (Wildman–Crippen MR) is 131 cm³/mol. The zero-order valence-corrected chi connectivity index (χ0v) is 20.7. The van der Waals surface area contributed by atoms with Crippen molar-refractivity contribution in [3.05, 3.63) is 35.1 Å². The lowest BCUT2D eigenvalue weighted by Crippen LogP contribution is -2.24. The largest absolute Gasteiger partial charge is 0.481 e. The number of fused-ring (bicyclic) bond motifs is 3. The number of anilines is 2. The van der Waals surface area contributed by atoms with Crippen LogP contribution in [0.15, 0.2) is 16.7 Å². The molecule has 0 saturated heterocycles. The fourth-order valence-electron chi connectivity index (χ4n) is 4.31. The normalized spacial score (nSPS) is 12.1. The first-order chi connectivity index (χ1) is 16.1. The van der Waals surface area contributed by atoms with Crippen LogP contribution in [0.2, 0.25) is 0 Å². The van der Waals surface area contributed by atoms with E-state index < -0.39 is 0 Å². The standard InChI is InChI=1S/C24H28N8O2/c1-11-9-17(32(30-11)24(5,6)7)28-22-19-20-16(27-21(19)25-14(4)26-22)10-15(23(29-20)33-8)18-12(2)31-34-13(18)3/h9-10H,1-8H3,(H2,25,26,27,28). The van der Waals surface area contributed by atoms with Crippen LogP contribution in [0.5, 0.6) is 5.88 Å². The van der Waals surface area contributed by atoms with E-state index in [1.54, 1.807) is 7.11 Å². The van der Waals surface area contributed by atoms with E-state index >= 15 is 0 Å². The maximum Gasteiger partial charge on any atom is 0.221 e. The number of ether oxygens (including phenoxy) is 1. The summed E-state index contributed by atoms with van der Waals surface area (Å²) in [5.41, 5.74) is 5.38. The van der Waals surface area contributed by atoms with E-state index in [0.717, 1.165) is 39.2 Å². The summed E-state index contributed by atoms with van der Waals surface area (Å²) >= 11 is 0. The molecule has 0 unspecified atom stereocenters.